The van der Waals surface area contributed by atoms with Crippen molar-refractivity contribution in [3.05, 3.63) is 53.1 Å². The topological polar surface area (TPSA) is 72.5 Å². The third-order valence-corrected chi connectivity index (χ3v) is 4.50. The van der Waals surface area contributed by atoms with Crippen LogP contribution in [-0.4, -0.2) is 14.6 Å². The average Bonchev–Trinajstić information content (AvgIpc) is 2.93. The van der Waals surface area contributed by atoms with Gasteiger partial charge in [0.2, 0.25) is 10.0 Å². The summed E-state index contributed by atoms with van der Waals surface area (Å²) in [6, 6.07) is 7.53. The van der Waals surface area contributed by atoms with Crippen LogP contribution in [0.5, 0.6) is 0 Å². The highest BCUT2D eigenvalue weighted by molar-refractivity contribution is 7.89. The molecule has 1 aliphatic heterocycles. The molecule has 0 atom stereocenters. The molecular weight excluding hydrogens is 329 g/mol. The Hall–Kier alpha value is -2.19. The zero-order valence-corrected chi connectivity index (χ0v) is 12.4. The highest BCUT2D eigenvalue weighted by atomic mass is 32.2. The van der Waals surface area contributed by atoms with E-state index in [9.17, 15) is 21.6 Å². The Bertz CT molecular complexity index is 902. The molecule has 2 N–H and O–H groups in total. The van der Waals surface area contributed by atoms with E-state index in [1.807, 2.05) is 0 Å². The number of hydrogen-bond acceptors (Lipinski definition) is 3. The number of benzene rings is 2. The molecule has 0 aromatic heterocycles. The minimum atomic E-state index is -4.47. The Morgan fingerprint density at radius 3 is 2.30 bits per heavy atom. The van der Waals surface area contributed by atoms with Crippen LogP contribution in [-0.2, 0) is 22.7 Å². The standard InChI is InChI=1S/C15H11F3N2O2S/c16-15(17,18)11-5-10-7-20-8-14(10)13(6-11)9-1-3-12(4-2-9)23(19,21)22/h1-6,8H,7H2,(H2,19,21,22). The number of primary sulfonamides is 1. The number of aliphatic imine (C=N–C) groups is 1. The monoisotopic (exact) mass is 340 g/mol. The summed E-state index contributed by atoms with van der Waals surface area (Å²) >= 11 is 0. The molecule has 0 aliphatic carbocycles. The maximum Gasteiger partial charge on any atom is 0.416 e. The van der Waals surface area contributed by atoms with Crippen molar-refractivity contribution in [2.75, 3.05) is 0 Å². The van der Waals surface area contributed by atoms with Crippen LogP contribution in [0.3, 0.4) is 0 Å². The molecule has 0 amide bonds. The average molecular weight is 340 g/mol. The van der Waals surface area contributed by atoms with E-state index < -0.39 is 21.8 Å². The fourth-order valence-electron chi connectivity index (χ4n) is 2.46. The van der Waals surface area contributed by atoms with Crippen molar-refractivity contribution in [1.29, 1.82) is 0 Å². The Morgan fingerprint density at radius 2 is 1.74 bits per heavy atom. The van der Waals surface area contributed by atoms with Gasteiger partial charge < -0.3 is 0 Å². The molecule has 0 saturated heterocycles. The van der Waals surface area contributed by atoms with Gasteiger partial charge in [0, 0.05) is 11.8 Å². The smallest absolute Gasteiger partial charge is 0.288 e. The van der Waals surface area contributed by atoms with E-state index in [1.165, 1.54) is 30.5 Å². The van der Waals surface area contributed by atoms with Gasteiger partial charge in [0.15, 0.2) is 0 Å². The summed E-state index contributed by atoms with van der Waals surface area (Å²) in [6.45, 7) is 0.196. The summed E-state index contributed by atoms with van der Waals surface area (Å²) < 4.78 is 61.6. The maximum atomic E-state index is 13.0. The van der Waals surface area contributed by atoms with Gasteiger partial charge in [0.25, 0.3) is 0 Å². The maximum absolute atomic E-state index is 13.0. The van der Waals surface area contributed by atoms with Gasteiger partial charge in [-0.1, -0.05) is 12.1 Å². The van der Waals surface area contributed by atoms with E-state index in [-0.39, 0.29) is 11.4 Å². The summed E-state index contributed by atoms with van der Waals surface area (Å²) in [4.78, 5) is 3.91. The van der Waals surface area contributed by atoms with Gasteiger partial charge in [0.1, 0.15) is 0 Å². The molecule has 2 aromatic rings. The Balaban J connectivity index is 2.16. The van der Waals surface area contributed by atoms with Crippen molar-refractivity contribution in [2.45, 2.75) is 17.6 Å². The number of hydrogen-bond donors (Lipinski definition) is 1. The molecule has 2 aromatic carbocycles. The number of nitrogens with zero attached hydrogens (tertiary/aromatic N) is 1. The first-order valence-corrected chi connectivity index (χ1v) is 8.08. The lowest BCUT2D eigenvalue weighted by molar-refractivity contribution is -0.137. The predicted molar refractivity (Wildman–Crippen MR) is 79.6 cm³/mol. The predicted octanol–water partition coefficient (Wildman–Crippen LogP) is 2.95. The molecule has 120 valence electrons. The number of rotatable bonds is 2. The normalized spacial score (nSPS) is 14.1. The molecule has 0 radical (unpaired) electrons. The molecule has 1 aliphatic rings. The Morgan fingerprint density at radius 1 is 1.09 bits per heavy atom. The number of nitrogens with two attached hydrogens (primary N) is 1. The quantitative estimate of drug-likeness (QED) is 0.913. The lowest BCUT2D eigenvalue weighted by Gasteiger charge is -2.13. The van der Waals surface area contributed by atoms with E-state index in [0.29, 0.717) is 22.3 Å². The number of halogens is 3. The van der Waals surface area contributed by atoms with Crippen molar-refractivity contribution in [3.63, 3.8) is 0 Å². The Kier molecular flexibility index (Phi) is 3.53. The molecule has 3 rings (SSSR count). The molecule has 8 heteroatoms. The zero-order chi connectivity index (χ0) is 16.8. The first-order chi connectivity index (χ1) is 10.7. The lowest BCUT2D eigenvalue weighted by Crippen LogP contribution is -2.11. The fourth-order valence-corrected chi connectivity index (χ4v) is 2.97. The van der Waals surface area contributed by atoms with Gasteiger partial charge in [-0.3, -0.25) is 4.99 Å². The van der Waals surface area contributed by atoms with Crippen LogP contribution < -0.4 is 5.14 Å². The van der Waals surface area contributed by atoms with Crippen molar-refractivity contribution >= 4 is 16.2 Å². The van der Waals surface area contributed by atoms with Crippen molar-refractivity contribution < 1.29 is 21.6 Å². The molecular formula is C15H11F3N2O2S. The highest BCUT2D eigenvalue weighted by Crippen LogP contribution is 2.37. The van der Waals surface area contributed by atoms with Crippen LogP contribution in [0.1, 0.15) is 16.7 Å². The number of fused-ring (bicyclic) bond motifs is 1. The fraction of sp³-hybridized carbons (Fsp3) is 0.133. The van der Waals surface area contributed by atoms with Crippen molar-refractivity contribution in [2.24, 2.45) is 10.1 Å². The summed E-state index contributed by atoms with van der Waals surface area (Å²) in [7, 11) is -3.85. The molecule has 0 unspecified atom stereocenters. The van der Waals surface area contributed by atoms with E-state index in [0.717, 1.165) is 12.1 Å². The second kappa shape index (κ2) is 5.17. The molecule has 23 heavy (non-hydrogen) atoms. The van der Waals surface area contributed by atoms with Crippen molar-refractivity contribution in [1.82, 2.24) is 0 Å². The third kappa shape index (κ3) is 2.99. The summed E-state index contributed by atoms with van der Waals surface area (Å²) in [5.41, 5.74) is 1.17. The highest BCUT2D eigenvalue weighted by Gasteiger charge is 2.32. The van der Waals surface area contributed by atoms with Crippen LogP contribution in [0.4, 0.5) is 13.2 Å². The van der Waals surface area contributed by atoms with E-state index in [2.05, 4.69) is 4.99 Å². The lowest BCUT2D eigenvalue weighted by atomic mass is 9.94. The molecule has 4 nitrogen and oxygen atoms in total. The third-order valence-electron chi connectivity index (χ3n) is 3.57. The minimum Gasteiger partial charge on any atom is -0.288 e. The first kappa shape index (κ1) is 15.7. The van der Waals surface area contributed by atoms with Crippen LogP contribution >= 0.6 is 0 Å². The molecule has 0 saturated carbocycles. The van der Waals surface area contributed by atoms with E-state index >= 15 is 0 Å². The SMILES string of the molecule is NS(=O)(=O)c1ccc(-c2cc(C(F)(F)F)cc3c2C=NC3)cc1. The molecule has 1 heterocycles. The van der Waals surface area contributed by atoms with E-state index in [1.54, 1.807) is 0 Å². The second-order valence-electron chi connectivity index (χ2n) is 5.13. The van der Waals surface area contributed by atoms with Crippen molar-refractivity contribution in [3.8, 4) is 11.1 Å². The summed E-state index contributed by atoms with van der Waals surface area (Å²) in [6.07, 6.45) is -2.94. The van der Waals surface area contributed by atoms with Crippen LogP contribution in [0.15, 0.2) is 46.3 Å². The van der Waals surface area contributed by atoms with Gasteiger partial charge in [-0.2, -0.15) is 13.2 Å². The van der Waals surface area contributed by atoms with Gasteiger partial charge in [-0.25, -0.2) is 13.6 Å². The number of sulfonamides is 1. The molecule has 0 spiro atoms. The van der Waals surface area contributed by atoms with Crippen LogP contribution in [0.25, 0.3) is 11.1 Å². The molecule has 0 bridgehead atoms. The van der Waals surface area contributed by atoms with Gasteiger partial charge in [-0.05, 0) is 41.0 Å². The van der Waals surface area contributed by atoms with Gasteiger partial charge in [-0.15, -0.1) is 0 Å². The number of alkyl halides is 3. The molecule has 0 fully saturated rings. The second-order valence-corrected chi connectivity index (χ2v) is 6.69. The largest absolute Gasteiger partial charge is 0.416 e. The Labute approximate surface area is 130 Å². The summed E-state index contributed by atoms with van der Waals surface area (Å²) in [5.74, 6) is 0. The first-order valence-electron chi connectivity index (χ1n) is 6.53. The zero-order valence-electron chi connectivity index (χ0n) is 11.6. The van der Waals surface area contributed by atoms with Crippen LogP contribution in [0, 0.1) is 0 Å². The summed E-state index contributed by atoms with van der Waals surface area (Å²) in [5, 5.41) is 5.02. The minimum absolute atomic E-state index is 0.0986. The van der Waals surface area contributed by atoms with Gasteiger partial charge >= 0.3 is 6.18 Å². The van der Waals surface area contributed by atoms with Gasteiger partial charge in [0.05, 0.1) is 17.0 Å². The van der Waals surface area contributed by atoms with Crippen LogP contribution in [0.2, 0.25) is 0 Å². The van der Waals surface area contributed by atoms with E-state index in [4.69, 9.17) is 5.14 Å².